The molecule has 1 rings (SSSR count). The number of nitrogens with zero attached hydrogens (tertiary/aromatic N) is 2. The van der Waals surface area contributed by atoms with Crippen LogP contribution in [0.4, 0.5) is 0 Å². The molecule has 0 aromatic carbocycles. The highest BCUT2D eigenvalue weighted by atomic mass is 32.2. The lowest BCUT2D eigenvalue weighted by Crippen LogP contribution is -2.54. The maximum absolute atomic E-state index is 11.6. The van der Waals surface area contributed by atoms with Gasteiger partial charge in [0.2, 0.25) is 0 Å². The van der Waals surface area contributed by atoms with Gasteiger partial charge in [0, 0.05) is 18.2 Å². The second-order valence-electron chi connectivity index (χ2n) is 5.32. The summed E-state index contributed by atoms with van der Waals surface area (Å²) in [6, 6.07) is 0.156. The zero-order chi connectivity index (χ0) is 15.9. The van der Waals surface area contributed by atoms with Crippen molar-refractivity contribution in [1.82, 2.24) is 14.7 Å². The Hall–Kier alpha value is -0.660. The van der Waals surface area contributed by atoms with Crippen LogP contribution in [-0.4, -0.2) is 37.8 Å². The molecule has 1 aromatic heterocycles. The van der Waals surface area contributed by atoms with E-state index in [1.165, 1.54) is 11.5 Å². The molecule has 120 valence electrons. The largest absolute Gasteiger partial charge is 0.480 e. The Labute approximate surface area is 135 Å². The molecule has 1 aromatic rings. The Morgan fingerprint density at radius 2 is 2.19 bits per heavy atom. The van der Waals surface area contributed by atoms with Crippen molar-refractivity contribution in [2.75, 3.05) is 5.75 Å². The third kappa shape index (κ3) is 5.56. The number of hydrogen-bond acceptors (Lipinski definition) is 6. The lowest BCUT2D eigenvalue weighted by molar-refractivity contribution is -0.145. The van der Waals surface area contributed by atoms with Crippen LogP contribution >= 0.6 is 23.3 Å². The normalized spacial score (nSPS) is 14.3. The summed E-state index contributed by atoms with van der Waals surface area (Å²) in [6.45, 7) is 7.93. The average molecular weight is 332 g/mol. The monoisotopic (exact) mass is 331 g/mol. The van der Waals surface area contributed by atoms with E-state index in [1.54, 1.807) is 11.8 Å². The Morgan fingerprint density at radius 3 is 2.67 bits per heavy atom. The Bertz CT molecular complexity index is 451. The highest BCUT2D eigenvalue weighted by Crippen LogP contribution is 2.25. The van der Waals surface area contributed by atoms with Gasteiger partial charge in [0.1, 0.15) is 11.4 Å². The quantitative estimate of drug-likeness (QED) is 0.506. The predicted molar refractivity (Wildman–Crippen MR) is 88.2 cm³/mol. The molecule has 0 aliphatic carbocycles. The number of rotatable bonds is 10. The second kappa shape index (κ2) is 8.70. The number of aryl methyl sites for hydroxylation is 1. The van der Waals surface area contributed by atoms with E-state index < -0.39 is 11.5 Å². The summed E-state index contributed by atoms with van der Waals surface area (Å²) in [5, 5.41) is 12.8. The summed E-state index contributed by atoms with van der Waals surface area (Å²) in [5.74, 6) is 0.998. The Kier molecular flexibility index (Phi) is 7.62. The molecule has 1 atom stereocenters. The summed E-state index contributed by atoms with van der Waals surface area (Å²) in [5.41, 5.74) is -0.815. The fraction of sp³-hybridized carbons (Fsp3) is 0.786. The van der Waals surface area contributed by atoms with Crippen molar-refractivity contribution in [2.45, 2.75) is 69.3 Å². The smallest absolute Gasteiger partial charge is 0.323 e. The summed E-state index contributed by atoms with van der Waals surface area (Å²) >= 11 is 3.09. The first-order chi connectivity index (χ1) is 9.93. The van der Waals surface area contributed by atoms with Gasteiger partial charge in [-0.1, -0.05) is 25.6 Å². The SMILES string of the molecule is CCc1nsc(SCCCC(CC)(NC(C)C)C(=O)O)n1. The highest BCUT2D eigenvalue weighted by molar-refractivity contribution is 8.00. The van der Waals surface area contributed by atoms with Crippen molar-refractivity contribution in [2.24, 2.45) is 0 Å². The van der Waals surface area contributed by atoms with Crippen LogP contribution in [0.25, 0.3) is 0 Å². The maximum Gasteiger partial charge on any atom is 0.323 e. The van der Waals surface area contributed by atoms with Crippen LogP contribution in [0.2, 0.25) is 0 Å². The van der Waals surface area contributed by atoms with Crippen LogP contribution in [0.15, 0.2) is 4.34 Å². The van der Waals surface area contributed by atoms with E-state index in [0.29, 0.717) is 12.8 Å². The molecule has 0 radical (unpaired) electrons. The van der Waals surface area contributed by atoms with Crippen LogP contribution in [0.5, 0.6) is 0 Å². The maximum atomic E-state index is 11.6. The summed E-state index contributed by atoms with van der Waals surface area (Å²) in [4.78, 5) is 16.0. The van der Waals surface area contributed by atoms with E-state index in [-0.39, 0.29) is 6.04 Å². The van der Waals surface area contributed by atoms with Gasteiger partial charge in [-0.2, -0.15) is 4.37 Å². The lowest BCUT2D eigenvalue weighted by Gasteiger charge is -2.31. The number of hydrogen-bond donors (Lipinski definition) is 2. The van der Waals surface area contributed by atoms with Crippen molar-refractivity contribution < 1.29 is 9.90 Å². The number of aliphatic carboxylic acids is 1. The minimum absolute atomic E-state index is 0.156. The third-order valence-electron chi connectivity index (χ3n) is 3.32. The van der Waals surface area contributed by atoms with Gasteiger partial charge in [-0.05, 0) is 44.6 Å². The average Bonchev–Trinajstić information content (AvgIpc) is 2.89. The lowest BCUT2D eigenvalue weighted by atomic mass is 9.90. The van der Waals surface area contributed by atoms with Crippen LogP contribution in [0, 0.1) is 0 Å². The summed E-state index contributed by atoms with van der Waals surface area (Å²) in [7, 11) is 0. The molecule has 5 nitrogen and oxygen atoms in total. The molecular weight excluding hydrogens is 306 g/mol. The number of carboxylic acids is 1. The van der Waals surface area contributed by atoms with E-state index >= 15 is 0 Å². The highest BCUT2D eigenvalue weighted by Gasteiger charge is 2.36. The first-order valence-corrected chi connectivity index (χ1v) is 9.16. The number of nitrogens with one attached hydrogen (secondary N) is 1. The second-order valence-corrected chi connectivity index (χ2v) is 7.42. The first kappa shape index (κ1) is 18.4. The van der Waals surface area contributed by atoms with E-state index in [2.05, 4.69) is 14.7 Å². The Morgan fingerprint density at radius 1 is 1.48 bits per heavy atom. The number of carboxylic acid groups (broad SMARTS) is 1. The van der Waals surface area contributed by atoms with Gasteiger partial charge in [-0.3, -0.25) is 10.1 Å². The molecule has 0 spiro atoms. The van der Waals surface area contributed by atoms with Crippen molar-refractivity contribution in [3.8, 4) is 0 Å². The zero-order valence-electron chi connectivity index (χ0n) is 13.2. The molecule has 7 heteroatoms. The van der Waals surface area contributed by atoms with Gasteiger partial charge in [-0.25, -0.2) is 4.98 Å². The molecule has 1 heterocycles. The van der Waals surface area contributed by atoms with Crippen LogP contribution in [0.3, 0.4) is 0 Å². The molecule has 0 fully saturated rings. The molecule has 21 heavy (non-hydrogen) atoms. The van der Waals surface area contributed by atoms with Gasteiger partial charge in [0.05, 0.1) is 0 Å². The molecule has 0 saturated carbocycles. The molecule has 0 saturated heterocycles. The predicted octanol–water partition coefficient (Wildman–Crippen LogP) is 3.20. The van der Waals surface area contributed by atoms with Gasteiger partial charge in [0.15, 0.2) is 4.34 Å². The molecule has 0 amide bonds. The topological polar surface area (TPSA) is 75.1 Å². The van der Waals surface area contributed by atoms with Crippen LogP contribution in [-0.2, 0) is 11.2 Å². The number of thioether (sulfide) groups is 1. The van der Waals surface area contributed by atoms with Gasteiger partial charge >= 0.3 is 5.97 Å². The fourth-order valence-electron chi connectivity index (χ4n) is 2.20. The van der Waals surface area contributed by atoms with Gasteiger partial charge in [-0.15, -0.1) is 0 Å². The number of aromatic nitrogens is 2. The summed E-state index contributed by atoms with van der Waals surface area (Å²) in [6.07, 6.45) is 2.91. The van der Waals surface area contributed by atoms with Crippen molar-refractivity contribution in [3.05, 3.63) is 5.82 Å². The van der Waals surface area contributed by atoms with Crippen LogP contribution in [0.1, 0.15) is 52.8 Å². The number of carbonyl (C=O) groups is 1. The molecule has 0 bridgehead atoms. The van der Waals surface area contributed by atoms with Crippen LogP contribution < -0.4 is 5.32 Å². The van der Waals surface area contributed by atoms with Gasteiger partial charge in [0.25, 0.3) is 0 Å². The van der Waals surface area contributed by atoms with E-state index in [1.807, 2.05) is 27.7 Å². The van der Waals surface area contributed by atoms with Crippen molar-refractivity contribution in [1.29, 1.82) is 0 Å². The minimum atomic E-state index is -0.815. The van der Waals surface area contributed by atoms with Gasteiger partial charge < -0.3 is 5.11 Å². The minimum Gasteiger partial charge on any atom is -0.480 e. The summed E-state index contributed by atoms with van der Waals surface area (Å²) < 4.78 is 5.22. The standard InChI is InChI=1S/C14H25N3O2S2/c1-5-11-15-13(21-17-11)20-9-7-8-14(6-2,12(18)19)16-10(3)4/h10,16H,5-9H2,1-4H3,(H,18,19). The molecular formula is C14H25N3O2S2. The van der Waals surface area contributed by atoms with Crippen molar-refractivity contribution >= 4 is 29.3 Å². The van der Waals surface area contributed by atoms with E-state index in [4.69, 9.17) is 0 Å². The first-order valence-electron chi connectivity index (χ1n) is 7.40. The van der Waals surface area contributed by atoms with E-state index in [0.717, 1.165) is 28.8 Å². The van der Waals surface area contributed by atoms with Crippen molar-refractivity contribution in [3.63, 3.8) is 0 Å². The molecule has 0 aliphatic heterocycles. The van der Waals surface area contributed by atoms with E-state index in [9.17, 15) is 9.90 Å². The fourth-order valence-corrected chi connectivity index (χ4v) is 3.90. The third-order valence-corrected chi connectivity index (χ3v) is 5.27. The molecule has 0 aliphatic rings. The Balaban J connectivity index is 2.48. The zero-order valence-corrected chi connectivity index (χ0v) is 14.8. The molecule has 1 unspecified atom stereocenters. The molecule has 2 N–H and O–H groups in total.